The largest absolute Gasteiger partial charge is 0.489 e. The van der Waals surface area contributed by atoms with Crippen LogP contribution in [0.15, 0.2) is 61.3 Å². The molecule has 9 nitrogen and oxygen atoms in total. The minimum absolute atomic E-state index is 0.0943. The van der Waals surface area contributed by atoms with Gasteiger partial charge in [-0.2, -0.15) is 5.10 Å². The van der Waals surface area contributed by atoms with Gasteiger partial charge in [-0.1, -0.05) is 0 Å². The summed E-state index contributed by atoms with van der Waals surface area (Å²) in [5.41, 5.74) is 3.37. The number of hydrogen-bond acceptors (Lipinski definition) is 8. The molecule has 3 aromatic heterocycles. The summed E-state index contributed by atoms with van der Waals surface area (Å²) in [6.45, 7) is 4.56. The summed E-state index contributed by atoms with van der Waals surface area (Å²) in [6, 6.07) is 10.8. The van der Waals surface area contributed by atoms with Gasteiger partial charge in [-0.3, -0.25) is 9.67 Å². The van der Waals surface area contributed by atoms with Crippen molar-refractivity contribution in [2.45, 2.75) is 19.6 Å². The van der Waals surface area contributed by atoms with Crippen molar-refractivity contribution in [1.29, 1.82) is 0 Å². The van der Waals surface area contributed by atoms with Crippen molar-refractivity contribution in [2.24, 2.45) is 5.92 Å². The third-order valence-corrected chi connectivity index (χ3v) is 6.81. The van der Waals surface area contributed by atoms with Gasteiger partial charge in [0.1, 0.15) is 24.0 Å². The first-order valence-corrected chi connectivity index (χ1v) is 12.5. The Morgan fingerprint density at radius 3 is 2.84 bits per heavy atom. The predicted molar refractivity (Wildman–Crippen MR) is 142 cm³/mol. The number of rotatable bonds is 9. The van der Waals surface area contributed by atoms with Crippen LogP contribution in [-0.2, 0) is 16.0 Å². The van der Waals surface area contributed by atoms with Gasteiger partial charge >= 0.3 is 0 Å². The molecule has 10 heteroatoms. The van der Waals surface area contributed by atoms with E-state index < -0.39 is 5.82 Å². The van der Waals surface area contributed by atoms with Crippen LogP contribution >= 0.6 is 0 Å². The van der Waals surface area contributed by atoms with Crippen molar-refractivity contribution < 1.29 is 18.6 Å². The Kier molecular flexibility index (Phi) is 6.57. The van der Waals surface area contributed by atoms with Crippen LogP contribution in [0.25, 0.3) is 32.9 Å². The highest BCUT2D eigenvalue weighted by molar-refractivity contribution is 5.99. The highest BCUT2D eigenvalue weighted by Crippen LogP contribution is 2.38. The molecule has 0 radical (unpaired) electrons. The van der Waals surface area contributed by atoms with Gasteiger partial charge in [0.2, 0.25) is 0 Å². The highest BCUT2D eigenvalue weighted by Gasteiger charge is 2.28. The smallest absolute Gasteiger partial charge is 0.156 e. The number of ether oxygens (including phenoxy) is 3. The molecule has 1 N–H and O–H groups in total. The summed E-state index contributed by atoms with van der Waals surface area (Å²) in [5, 5.41) is 8.72. The predicted octanol–water partition coefficient (Wildman–Crippen LogP) is 4.98. The maximum Gasteiger partial charge on any atom is 0.156 e. The lowest BCUT2D eigenvalue weighted by Gasteiger charge is -2.32. The maximum atomic E-state index is 15.4. The van der Waals surface area contributed by atoms with Gasteiger partial charge in [-0.25, -0.2) is 14.4 Å². The van der Waals surface area contributed by atoms with Crippen molar-refractivity contribution in [1.82, 2.24) is 24.7 Å². The van der Waals surface area contributed by atoms with E-state index in [4.69, 9.17) is 14.2 Å². The van der Waals surface area contributed by atoms with Crippen LogP contribution in [0.2, 0.25) is 0 Å². The van der Waals surface area contributed by atoms with E-state index in [0.29, 0.717) is 65.4 Å². The van der Waals surface area contributed by atoms with Gasteiger partial charge in [0.15, 0.2) is 5.82 Å². The van der Waals surface area contributed by atoms with Crippen LogP contribution in [0.4, 0.5) is 15.9 Å². The van der Waals surface area contributed by atoms with Gasteiger partial charge in [0, 0.05) is 36.4 Å². The summed E-state index contributed by atoms with van der Waals surface area (Å²) in [5.74, 6) is 0.945. The molecule has 1 fully saturated rings. The molecule has 0 saturated carbocycles. The average molecular weight is 515 g/mol. The van der Waals surface area contributed by atoms with Crippen molar-refractivity contribution >= 4 is 33.3 Å². The molecule has 1 aliphatic rings. The molecule has 194 valence electrons. The van der Waals surface area contributed by atoms with E-state index in [1.807, 2.05) is 36.1 Å². The lowest BCUT2D eigenvalue weighted by Crippen LogP contribution is -2.39. The second kappa shape index (κ2) is 10.3. The van der Waals surface area contributed by atoms with Gasteiger partial charge in [0.05, 0.1) is 54.7 Å². The summed E-state index contributed by atoms with van der Waals surface area (Å²) in [7, 11) is 1.66. The van der Waals surface area contributed by atoms with E-state index >= 15 is 4.39 Å². The third kappa shape index (κ3) is 4.64. The van der Waals surface area contributed by atoms with Gasteiger partial charge in [0.25, 0.3) is 0 Å². The standard InChI is InChI=1S/C28H27FN6O3/c1-17(20-14-37-15-20)38-25-11-18(19-12-33-35(13-19)8-9-36-2)10-24-26(25)28(32-16-31-24)34-23-6-5-22-21(27(23)29)4-3-7-30-22/h3-7,10-13,16-17,20H,8-9,14-15H2,1-2H3,(H,31,32,34)/t17-/m1/s1. The average Bonchev–Trinajstić information content (AvgIpc) is 3.37. The molecule has 5 aromatic rings. The fourth-order valence-corrected chi connectivity index (χ4v) is 4.49. The zero-order chi connectivity index (χ0) is 26.1. The quantitative estimate of drug-likeness (QED) is 0.294. The summed E-state index contributed by atoms with van der Waals surface area (Å²) in [4.78, 5) is 13.2. The molecular weight excluding hydrogens is 487 g/mol. The molecular formula is C28H27FN6O3. The van der Waals surface area contributed by atoms with E-state index in [0.717, 1.165) is 11.1 Å². The molecule has 1 aliphatic heterocycles. The van der Waals surface area contributed by atoms with Crippen LogP contribution in [0.1, 0.15) is 6.92 Å². The lowest BCUT2D eigenvalue weighted by atomic mass is 10.0. The van der Waals surface area contributed by atoms with E-state index in [2.05, 4.69) is 25.4 Å². The Labute approximate surface area is 218 Å². The second-order valence-corrected chi connectivity index (χ2v) is 9.32. The Morgan fingerprint density at radius 2 is 2.03 bits per heavy atom. The molecule has 2 aromatic carbocycles. The molecule has 0 unspecified atom stereocenters. The maximum absolute atomic E-state index is 15.4. The number of aromatic nitrogens is 5. The number of nitrogens with zero attached hydrogens (tertiary/aromatic N) is 5. The number of halogens is 1. The van der Waals surface area contributed by atoms with Crippen molar-refractivity contribution in [3.63, 3.8) is 0 Å². The van der Waals surface area contributed by atoms with Crippen molar-refractivity contribution in [3.8, 4) is 16.9 Å². The van der Waals surface area contributed by atoms with E-state index in [1.54, 1.807) is 37.6 Å². The molecule has 0 amide bonds. The molecule has 1 saturated heterocycles. The van der Waals surface area contributed by atoms with Gasteiger partial charge in [-0.15, -0.1) is 0 Å². The number of methoxy groups -OCH3 is 1. The van der Waals surface area contributed by atoms with Crippen molar-refractivity contribution in [3.05, 3.63) is 67.1 Å². The van der Waals surface area contributed by atoms with Crippen LogP contribution in [0, 0.1) is 11.7 Å². The number of pyridine rings is 1. The normalized spacial score (nSPS) is 14.5. The molecule has 1 atom stereocenters. The number of fused-ring (bicyclic) bond motifs is 2. The summed E-state index contributed by atoms with van der Waals surface area (Å²) >= 11 is 0. The molecule has 0 aliphatic carbocycles. The Balaban J connectivity index is 1.43. The van der Waals surface area contributed by atoms with Gasteiger partial charge in [-0.05, 0) is 48.9 Å². The molecule has 38 heavy (non-hydrogen) atoms. The lowest BCUT2D eigenvalue weighted by molar-refractivity contribution is -0.0773. The summed E-state index contributed by atoms with van der Waals surface area (Å²) < 4.78 is 34.3. The fourth-order valence-electron chi connectivity index (χ4n) is 4.49. The molecule has 6 rings (SSSR count). The number of anilines is 2. The molecule has 0 spiro atoms. The van der Waals surface area contributed by atoms with Crippen LogP contribution in [0.5, 0.6) is 5.75 Å². The van der Waals surface area contributed by atoms with E-state index in [9.17, 15) is 0 Å². The first kappa shape index (κ1) is 24.2. The van der Waals surface area contributed by atoms with E-state index in [-0.39, 0.29) is 12.0 Å². The first-order chi connectivity index (χ1) is 18.6. The first-order valence-electron chi connectivity index (χ1n) is 12.5. The topological polar surface area (TPSA) is 96.2 Å². The zero-order valence-electron chi connectivity index (χ0n) is 21.1. The third-order valence-electron chi connectivity index (χ3n) is 6.81. The Hall–Kier alpha value is -4.15. The van der Waals surface area contributed by atoms with E-state index in [1.165, 1.54) is 6.33 Å². The fraction of sp³-hybridized carbons (Fsp3) is 0.286. The number of benzene rings is 2. The van der Waals surface area contributed by atoms with Crippen LogP contribution < -0.4 is 10.1 Å². The van der Waals surface area contributed by atoms with Crippen LogP contribution in [0.3, 0.4) is 0 Å². The summed E-state index contributed by atoms with van der Waals surface area (Å²) in [6.07, 6.45) is 6.78. The van der Waals surface area contributed by atoms with Crippen molar-refractivity contribution in [2.75, 3.05) is 32.2 Å². The number of hydrogen-bond donors (Lipinski definition) is 1. The minimum Gasteiger partial charge on any atom is -0.489 e. The second-order valence-electron chi connectivity index (χ2n) is 9.32. The SMILES string of the molecule is COCCn1cc(-c2cc(O[C@H](C)C3COC3)c3c(Nc4ccc5ncccc5c4F)ncnc3c2)cn1. The Bertz CT molecular complexity index is 1600. The number of nitrogens with one attached hydrogen (secondary N) is 1. The molecule has 0 bridgehead atoms. The van der Waals surface area contributed by atoms with Crippen LogP contribution in [-0.4, -0.2) is 57.8 Å². The Morgan fingerprint density at radius 1 is 1.13 bits per heavy atom. The molecule has 4 heterocycles. The zero-order valence-corrected chi connectivity index (χ0v) is 21.1. The minimum atomic E-state index is -0.398. The highest BCUT2D eigenvalue weighted by atomic mass is 19.1. The monoisotopic (exact) mass is 514 g/mol. The van der Waals surface area contributed by atoms with Gasteiger partial charge < -0.3 is 19.5 Å².